The van der Waals surface area contributed by atoms with Gasteiger partial charge in [0.15, 0.2) is 0 Å². The number of carbonyl (C=O) groups is 2. The van der Waals surface area contributed by atoms with Crippen LogP contribution in [0.3, 0.4) is 0 Å². The van der Waals surface area contributed by atoms with E-state index in [9.17, 15) is 9.59 Å². The van der Waals surface area contributed by atoms with Gasteiger partial charge in [-0.3, -0.25) is 0 Å². The van der Waals surface area contributed by atoms with Crippen LogP contribution >= 0.6 is 0 Å². The summed E-state index contributed by atoms with van der Waals surface area (Å²) in [6, 6.07) is 5.69. The first-order valence-corrected chi connectivity index (χ1v) is 8.73. The van der Waals surface area contributed by atoms with Crippen LogP contribution in [0.1, 0.15) is 49.0 Å². The molecule has 2 atom stereocenters. The van der Waals surface area contributed by atoms with E-state index in [0.717, 1.165) is 24.2 Å². The van der Waals surface area contributed by atoms with Crippen LogP contribution < -0.4 is 5.32 Å². The van der Waals surface area contributed by atoms with E-state index < -0.39 is 5.60 Å². The third-order valence-electron chi connectivity index (χ3n) is 4.81. The molecular weight excluding hydrogens is 320 g/mol. The molecule has 6 nitrogen and oxygen atoms in total. The Kier molecular flexibility index (Phi) is 4.62. The molecule has 0 bridgehead atoms. The predicted octanol–water partition coefficient (Wildman–Crippen LogP) is 3.24. The van der Waals surface area contributed by atoms with Crippen molar-refractivity contribution >= 4 is 17.7 Å². The number of anilines is 1. The molecule has 1 aromatic rings. The van der Waals surface area contributed by atoms with Gasteiger partial charge in [0.25, 0.3) is 0 Å². The number of nitrogens with one attached hydrogen (secondary N) is 1. The fraction of sp³-hybridized carbons (Fsp3) is 0.579. The monoisotopic (exact) mass is 346 g/mol. The quantitative estimate of drug-likeness (QED) is 0.791. The summed E-state index contributed by atoms with van der Waals surface area (Å²) in [5, 5.41) is 3.38. The zero-order valence-electron chi connectivity index (χ0n) is 15.3. The van der Waals surface area contributed by atoms with Gasteiger partial charge in [-0.15, -0.1) is 0 Å². The Morgan fingerprint density at radius 2 is 2.00 bits per heavy atom. The van der Waals surface area contributed by atoms with E-state index in [1.165, 1.54) is 7.11 Å². The van der Waals surface area contributed by atoms with Crippen LogP contribution in [0.5, 0.6) is 0 Å². The van der Waals surface area contributed by atoms with Gasteiger partial charge in [-0.05, 0) is 44.7 Å². The van der Waals surface area contributed by atoms with E-state index in [0.29, 0.717) is 24.6 Å². The average Bonchev–Trinajstić information content (AvgIpc) is 2.89. The van der Waals surface area contributed by atoms with Crippen molar-refractivity contribution in [3.8, 4) is 0 Å². The Morgan fingerprint density at radius 1 is 1.24 bits per heavy atom. The van der Waals surface area contributed by atoms with Gasteiger partial charge in [0.1, 0.15) is 5.60 Å². The van der Waals surface area contributed by atoms with E-state index in [2.05, 4.69) is 5.32 Å². The number of para-hydroxylation sites is 1. The summed E-state index contributed by atoms with van der Waals surface area (Å²) < 4.78 is 10.4. The molecule has 136 valence electrons. The largest absolute Gasteiger partial charge is 0.465 e. The third kappa shape index (κ3) is 3.57. The summed E-state index contributed by atoms with van der Waals surface area (Å²) in [5.74, 6) is 0.209. The van der Waals surface area contributed by atoms with Crippen molar-refractivity contribution in [2.24, 2.45) is 5.92 Å². The molecule has 1 fully saturated rings. The fourth-order valence-electron chi connectivity index (χ4n) is 3.73. The second kappa shape index (κ2) is 6.58. The zero-order valence-corrected chi connectivity index (χ0v) is 15.3. The minimum Gasteiger partial charge on any atom is -0.465 e. The lowest BCUT2D eigenvalue weighted by Gasteiger charge is -2.25. The van der Waals surface area contributed by atoms with Crippen molar-refractivity contribution in [1.82, 2.24) is 4.90 Å². The normalized spacial score (nSPS) is 22.3. The Labute approximate surface area is 148 Å². The lowest BCUT2D eigenvalue weighted by Crippen LogP contribution is -2.35. The minimum absolute atomic E-state index is 0.196. The number of nitrogens with zero attached hydrogens (tertiary/aromatic N) is 1. The Bertz CT molecular complexity index is 680. The number of fused-ring (bicyclic) bond motifs is 3. The van der Waals surface area contributed by atoms with Gasteiger partial charge in [-0.25, -0.2) is 9.59 Å². The summed E-state index contributed by atoms with van der Waals surface area (Å²) >= 11 is 0. The van der Waals surface area contributed by atoms with Crippen LogP contribution in [-0.2, 0) is 9.47 Å². The lowest BCUT2D eigenvalue weighted by atomic mass is 9.86. The first-order chi connectivity index (χ1) is 11.8. The van der Waals surface area contributed by atoms with Crippen molar-refractivity contribution in [2.75, 3.05) is 32.1 Å². The highest BCUT2D eigenvalue weighted by Gasteiger charge is 2.40. The number of ether oxygens (including phenoxy) is 2. The second-order valence-electron chi connectivity index (χ2n) is 7.73. The minimum atomic E-state index is -0.501. The van der Waals surface area contributed by atoms with Crippen LogP contribution in [0.4, 0.5) is 10.5 Å². The van der Waals surface area contributed by atoms with Crippen LogP contribution in [0.2, 0.25) is 0 Å². The highest BCUT2D eigenvalue weighted by atomic mass is 16.6. The molecule has 1 saturated heterocycles. The highest BCUT2D eigenvalue weighted by Crippen LogP contribution is 2.42. The molecule has 0 aliphatic carbocycles. The molecule has 25 heavy (non-hydrogen) atoms. The first-order valence-electron chi connectivity index (χ1n) is 8.73. The highest BCUT2D eigenvalue weighted by molar-refractivity contribution is 5.96. The number of hydrogen-bond acceptors (Lipinski definition) is 5. The lowest BCUT2D eigenvalue weighted by molar-refractivity contribution is 0.0286. The smallest absolute Gasteiger partial charge is 0.410 e. The van der Waals surface area contributed by atoms with Crippen LogP contribution in [0.15, 0.2) is 18.2 Å². The molecule has 0 saturated carbocycles. The van der Waals surface area contributed by atoms with Gasteiger partial charge in [-0.1, -0.05) is 12.1 Å². The second-order valence-corrected chi connectivity index (χ2v) is 7.73. The summed E-state index contributed by atoms with van der Waals surface area (Å²) in [5.41, 5.74) is 1.97. The molecule has 2 unspecified atom stereocenters. The predicted molar refractivity (Wildman–Crippen MR) is 94.9 cm³/mol. The summed E-state index contributed by atoms with van der Waals surface area (Å²) in [6.45, 7) is 7.69. The maximum absolute atomic E-state index is 12.4. The van der Waals surface area contributed by atoms with E-state index in [1.807, 2.05) is 32.9 Å². The number of carbonyl (C=O) groups excluding carboxylic acids is 2. The van der Waals surface area contributed by atoms with E-state index >= 15 is 0 Å². The molecule has 1 amide bonds. The maximum Gasteiger partial charge on any atom is 0.410 e. The number of benzene rings is 1. The fourth-order valence-corrected chi connectivity index (χ4v) is 3.73. The van der Waals surface area contributed by atoms with E-state index in [1.54, 1.807) is 11.0 Å². The van der Waals surface area contributed by atoms with Gasteiger partial charge in [-0.2, -0.15) is 0 Å². The number of esters is 1. The molecule has 0 spiro atoms. The zero-order chi connectivity index (χ0) is 18.2. The third-order valence-corrected chi connectivity index (χ3v) is 4.81. The van der Waals surface area contributed by atoms with Gasteiger partial charge in [0.2, 0.25) is 0 Å². The maximum atomic E-state index is 12.4. The molecule has 0 radical (unpaired) electrons. The summed E-state index contributed by atoms with van der Waals surface area (Å²) in [6.07, 6.45) is 0.679. The topological polar surface area (TPSA) is 67.9 Å². The standard InChI is InChI=1S/C19H26N2O4/c1-19(2,3)25-18(23)21-10-12-8-9-20-16-13(15(12)11-21)6-5-7-14(16)17(22)24-4/h5-7,12,15,20H,8-11H2,1-4H3. The number of hydrogen-bond donors (Lipinski definition) is 1. The molecule has 3 rings (SSSR count). The first kappa shape index (κ1) is 17.6. The van der Waals surface area contributed by atoms with Crippen LogP contribution in [0, 0.1) is 5.92 Å². The molecule has 2 aliphatic heterocycles. The summed E-state index contributed by atoms with van der Waals surface area (Å²) in [4.78, 5) is 26.3. The molecule has 1 N–H and O–H groups in total. The number of likely N-dealkylation sites (tertiary alicyclic amines) is 1. The molecule has 2 heterocycles. The Balaban J connectivity index is 1.87. The molecular formula is C19H26N2O4. The van der Waals surface area contributed by atoms with E-state index in [-0.39, 0.29) is 18.0 Å². The van der Waals surface area contributed by atoms with Gasteiger partial charge < -0.3 is 19.7 Å². The van der Waals surface area contributed by atoms with Crippen molar-refractivity contribution in [2.45, 2.75) is 38.7 Å². The van der Waals surface area contributed by atoms with Crippen molar-refractivity contribution in [3.63, 3.8) is 0 Å². The molecule has 1 aromatic carbocycles. The van der Waals surface area contributed by atoms with Crippen molar-refractivity contribution < 1.29 is 19.1 Å². The van der Waals surface area contributed by atoms with Crippen LogP contribution in [-0.4, -0.2) is 49.3 Å². The molecule has 2 aliphatic rings. The molecule has 6 heteroatoms. The summed E-state index contributed by atoms with van der Waals surface area (Å²) in [7, 11) is 1.39. The number of rotatable bonds is 1. The SMILES string of the molecule is COC(=O)c1cccc2c1NCCC1CN(C(=O)OC(C)(C)C)CC21. The average molecular weight is 346 g/mol. The Morgan fingerprint density at radius 3 is 2.68 bits per heavy atom. The van der Waals surface area contributed by atoms with Gasteiger partial charge in [0, 0.05) is 25.6 Å². The van der Waals surface area contributed by atoms with Crippen molar-refractivity contribution in [1.29, 1.82) is 0 Å². The van der Waals surface area contributed by atoms with Crippen LogP contribution in [0.25, 0.3) is 0 Å². The van der Waals surface area contributed by atoms with Gasteiger partial charge in [0.05, 0.1) is 18.4 Å². The molecule has 0 aromatic heterocycles. The van der Waals surface area contributed by atoms with E-state index in [4.69, 9.17) is 9.47 Å². The number of methoxy groups -OCH3 is 1. The van der Waals surface area contributed by atoms with Gasteiger partial charge >= 0.3 is 12.1 Å². The Hall–Kier alpha value is -2.24. The number of amides is 1. The van der Waals surface area contributed by atoms with Crippen molar-refractivity contribution in [3.05, 3.63) is 29.3 Å².